The summed E-state index contributed by atoms with van der Waals surface area (Å²) in [5, 5.41) is 9.79. The quantitative estimate of drug-likeness (QED) is 0.162. The van der Waals surface area contributed by atoms with Crippen molar-refractivity contribution in [3.05, 3.63) is 0 Å². The standard InChI is InChI=1S/C25H53N9O2S/c1-8-25(7,9-2)37(35,36)29-19-18-28-24-31-22(26-16-14-20-33(10-3)11-4)30-23(32-24)27-17-15-21-34(12-5)13-6/h29H,8-21H2,1-7H3,(H3,26,27,28,30,31,32). The maximum absolute atomic E-state index is 12.7. The molecule has 37 heavy (non-hydrogen) atoms. The van der Waals surface area contributed by atoms with Crippen LogP contribution in [0.2, 0.25) is 0 Å². The van der Waals surface area contributed by atoms with Crippen molar-refractivity contribution < 1.29 is 8.42 Å². The van der Waals surface area contributed by atoms with E-state index < -0.39 is 14.8 Å². The topological polar surface area (TPSA) is 127 Å². The Morgan fingerprint density at radius 1 is 0.649 bits per heavy atom. The van der Waals surface area contributed by atoms with Crippen LogP contribution in [0.3, 0.4) is 0 Å². The maximum Gasteiger partial charge on any atom is 0.229 e. The number of sulfonamides is 1. The Kier molecular flexibility index (Phi) is 15.9. The van der Waals surface area contributed by atoms with Gasteiger partial charge in [0.15, 0.2) is 0 Å². The average Bonchev–Trinajstić information content (AvgIpc) is 2.90. The molecule has 1 aromatic heterocycles. The average molecular weight is 544 g/mol. The predicted molar refractivity (Wildman–Crippen MR) is 156 cm³/mol. The van der Waals surface area contributed by atoms with Gasteiger partial charge in [0, 0.05) is 26.2 Å². The lowest BCUT2D eigenvalue weighted by Crippen LogP contribution is -2.44. The molecule has 0 saturated carbocycles. The van der Waals surface area contributed by atoms with Crippen molar-refractivity contribution >= 4 is 27.9 Å². The molecule has 216 valence electrons. The minimum atomic E-state index is -3.42. The van der Waals surface area contributed by atoms with Crippen molar-refractivity contribution in [1.82, 2.24) is 29.5 Å². The van der Waals surface area contributed by atoms with E-state index in [-0.39, 0.29) is 6.54 Å². The lowest BCUT2D eigenvalue weighted by Gasteiger charge is -2.26. The lowest BCUT2D eigenvalue weighted by atomic mass is 10.1. The second kappa shape index (κ2) is 17.7. The van der Waals surface area contributed by atoms with E-state index >= 15 is 0 Å². The van der Waals surface area contributed by atoms with Crippen LogP contribution in [0.1, 0.15) is 74.1 Å². The summed E-state index contributed by atoms with van der Waals surface area (Å²) in [6.45, 7) is 22.6. The third kappa shape index (κ3) is 11.7. The van der Waals surface area contributed by atoms with E-state index in [1.165, 1.54) is 0 Å². The van der Waals surface area contributed by atoms with Crippen molar-refractivity contribution in [2.24, 2.45) is 0 Å². The SMILES string of the molecule is CCN(CC)CCCNc1nc(NCCCN(CC)CC)nc(NCCNS(=O)(=O)C(C)(CC)CC)n1. The largest absolute Gasteiger partial charge is 0.354 e. The Labute approximate surface area is 226 Å². The summed E-state index contributed by atoms with van der Waals surface area (Å²) in [7, 11) is -3.42. The highest BCUT2D eigenvalue weighted by atomic mass is 32.2. The van der Waals surface area contributed by atoms with Crippen molar-refractivity contribution in [1.29, 1.82) is 0 Å². The number of anilines is 3. The van der Waals surface area contributed by atoms with Crippen LogP contribution < -0.4 is 20.7 Å². The summed E-state index contributed by atoms with van der Waals surface area (Å²) in [4.78, 5) is 18.3. The highest BCUT2D eigenvalue weighted by Crippen LogP contribution is 2.23. The van der Waals surface area contributed by atoms with Gasteiger partial charge in [-0.2, -0.15) is 15.0 Å². The maximum atomic E-state index is 12.7. The van der Waals surface area contributed by atoms with Gasteiger partial charge in [-0.05, 0) is 71.9 Å². The molecular formula is C25H53N9O2S. The Hall–Kier alpha value is -1.76. The summed E-state index contributed by atoms with van der Waals surface area (Å²) in [5.41, 5.74) is 0. The van der Waals surface area contributed by atoms with Crippen LogP contribution in [0.4, 0.5) is 17.8 Å². The van der Waals surface area contributed by atoms with E-state index in [1.54, 1.807) is 6.92 Å². The van der Waals surface area contributed by atoms with Crippen LogP contribution >= 0.6 is 0 Å². The molecule has 0 bridgehead atoms. The van der Waals surface area contributed by atoms with Gasteiger partial charge in [0.25, 0.3) is 0 Å². The van der Waals surface area contributed by atoms with Crippen LogP contribution in [0.5, 0.6) is 0 Å². The minimum Gasteiger partial charge on any atom is -0.354 e. The molecule has 0 aliphatic heterocycles. The summed E-state index contributed by atoms with van der Waals surface area (Å²) >= 11 is 0. The molecule has 0 atom stereocenters. The van der Waals surface area contributed by atoms with Gasteiger partial charge in [0.1, 0.15) is 0 Å². The Morgan fingerprint density at radius 3 is 1.38 bits per heavy atom. The fourth-order valence-electron chi connectivity index (χ4n) is 3.86. The van der Waals surface area contributed by atoms with E-state index in [4.69, 9.17) is 0 Å². The van der Waals surface area contributed by atoms with E-state index in [0.717, 1.165) is 65.2 Å². The Balaban J connectivity index is 2.76. The van der Waals surface area contributed by atoms with E-state index in [2.05, 4.69) is 73.1 Å². The first-order valence-electron chi connectivity index (χ1n) is 14.1. The monoisotopic (exact) mass is 543 g/mol. The second-order valence-electron chi connectivity index (χ2n) is 9.40. The Morgan fingerprint density at radius 2 is 1.03 bits per heavy atom. The molecule has 1 rings (SSSR count). The summed E-state index contributed by atoms with van der Waals surface area (Å²) in [6.07, 6.45) is 3.09. The van der Waals surface area contributed by atoms with Crippen LogP contribution in [-0.2, 0) is 10.0 Å². The summed E-state index contributed by atoms with van der Waals surface area (Å²) in [5.74, 6) is 1.43. The van der Waals surface area contributed by atoms with Crippen LogP contribution in [-0.4, -0.2) is 103 Å². The van der Waals surface area contributed by atoms with Gasteiger partial charge >= 0.3 is 0 Å². The van der Waals surface area contributed by atoms with Crippen molar-refractivity contribution in [2.75, 3.05) is 81.4 Å². The van der Waals surface area contributed by atoms with Crippen LogP contribution in [0.15, 0.2) is 0 Å². The number of hydrogen-bond donors (Lipinski definition) is 4. The molecule has 0 radical (unpaired) electrons. The summed E-state index contributed by atoms with van der Waals surface area (Å²) < 4.78 is 27.4. The fourth-order valence-corrected chi connectivity index (χ4v) is 5.34. The molecule has 0 saturated heterocycles. The molecule has 0 aliphatic rings. The smallest absolute Gasteiger partial charge is 0.229 e. The lowest BCUT2D eigenvalue weighted by molar-refractivity contribution is 0.303. The van der Waals surface area contributed by atoms with Gasteiger partial charge in [-0.3, -0.25) is 0 Å². The van der Waals surface area contributed by atoms with Gasteiger partial charge in [-0.15, -0.1) is 0 Å². The van der Waals surface area contributed by atoms with E-state index in [0.29, 0.717) is 37.2 Å². The van der Waals surface area contributed by atoms with Gasteiger partial charge in [-0.1, -0.05) is 41.5 Å². The fraction of sp³-hybridized carbons (Fsp3) is 0.880. The first-order valence-corrected chi connectivity index (χ1v) is 15.6. The van der Waals surface area contributed by atoms with Crippen molar-refractivity contribution in [3.63, 3.8) is 0 Å². The predicted octanol–water partition coefficient (Wildman–Crippen LogP) is 3.07. The third-order valence-corrected chi connectivity index (χ3v) is 9.60. The van der Waals surface area contributed by atoms with Gasteiger partial charge in [0.2, 0.25) is 27.9 Å². The Bertz CT molecular complexity index is 804. The van der Waals surface area contributed by atoms with Gasteiger partial charge < -0.3 is 25.8 Å². The molecule has 1 aromatic rings. The number of nitrogens with one attached hydrogen (secondary N) is 4. The molecule has 0 unspecified atom stereocenters. The molecule has 4 N–H and O–H groups in total. The molecule has 1 heterocycles. The van der Waals surface area contributed by atoms with E-state index in [1.807, 2.05) is 13.8 Å². The molecule has 11 nitrogen and oxygen atoms in total. The molecule has 0 aromatic carbocycles. The molecular weight excluding hydrogens is 490 g/mol. The van der Waals surface area contributed by atoms with E-state index in [9.17, 15) is 8.42 Å². The molecule has 0 aliphatic carbocycles. The number of rotatable bonds is 22. The first-order chi connectivity index (χ1) is 17.7. The highest BCUT2D eigenvalue weighted by molar-refractivity contribution is 7.90. The van der Waals surface area contributed by atoms with Crippen LogP contribution in [0, 0.1) is 0 Å². The zero-order valence-corrected chi connectivity index (χ0v) is 25.2. The molecule has 0 amide bonds. The van der Waals surface area contributed by atoms with Gasteiger partial charge in [-0.25, -0.2) is 13.1 Å². The van der Waals surface area contributed by atoms with Gasteiger partial charge in [0.05, 0.1) is 4.75 Å². The summed E-state index contributed by atoms with van der Waals surface area (Å²) in [6, 6.07) is 0. The number of hydrogen-bond acceptors (Lipinski definition) is 10. The van der Waals surface area contributed by atoms with Crippen LogP contribution in [0.25, 0.3) is 0 Å². The van der Waals surface area contributed by atoms with Crippen molar-refractivity contribution in [3.8, 4) is 0 Å². The minimum absolute atomic E-state index is 0.253. The van der Waals surface area contributed by atoms with Crippen molar-refractivity contribution in [2.45, 2.75) is 78.9 Å². The first kappa shape index (κ1) is 33.3. The zero-order valence-electron chi connectivity index (χ0n) is 24.4. The second-order valence-corrected chi connectivity index (χ2v) is 11.7. The zero-order chi connectivity index (χ0) is 27.7. The number of nitrogens with zero attached hydrogens (tertiary/aromatic N) is 5. The third-order valence-electron chi connectivity index (χ3n) is 7.14. The molecule has 0 spiro atoms. The molecule has 0 fully saturated rings. The normalized spacial score (nSPS) is 12.4. The highest BCUT2D eigenvalue weighted by Gasteiger charge is 2.35. The molecule has 12 heteroatoms. The number of aromatic nitrogens is 3.